The first-order valence-corrected chi connectivity index (χ1v) is 9.01. The molecular weight excluding hydrogens is 326 g/mol. The Hall–Kier alpha value is -2.62. The van der Waals surface area contributed by atoms with E-state index in [1.807, 2.05) is 76.2 Å². The van der Waals surface area contributed by atoms with Gasteiger partial charge >= 0.3 is 5.97 Å². The van der Waals surface area contributed by atoms with Crippen LogP contribution in [0.3, 0.4) is 0 Å². The monoisotopic (exact) mass is 353 g/mol. The van der Waals surface area contributed by atoms with Crippen LogP contribution in [-0.4, -0.2) is 18.5 Å². The van der Waals surface area contributed by atoms with Crippen molar-refractivity contribution in [3.05, 3.63) is 65.2 Å². The molecular formula is C22H27NO3. The van der Waals surface area contributed by atoms with Crippen LogP contribution in [0.1, 0.15) is 42.9 Å². The maximum atomic E-state index is 12.6. The summed E-state index contributed by atoms with van der Waals surface area (Å²) in [7, 11) is 0. The molecule has 0 spiro atoms. The van der Waals surface area contributed by atoms with E-state index < -0.39 is 0 Å². The van der Waals surface area contributed by atoms with Crippen LogP contribution in [0, 0.1) is 19.8 Å². The highest BCUT2D eigenvalue weighted by Crippen LogP contribution is 2.28. The molecule has 0 saturated carbocycles. The molecule has 2 atom stereocenters. The lowest BCUT2D eigenvalue weighted by atomic mass is 9.86. The van der Waals surface area contributed by atoms with E-state index in [1.54, 1.807) is 0 Å². The van der Waals surface area contributed by atoms with Crippen molar-refractivity contribution < 1.29 is 14.3 Å². The molecule has 2 aromatic carbocycles. The molecule has 0 saturated heterocycles. The number of carbonyl (C=O) groups is 2. The summed E-state index contributed by atoms with van der Waals surface area (Å²) < 4.78 is 5.33. The molecule has 2 aromatic rings. The quantitative estimate of drug-likeness (QED) is 0.739. The lowest BCUT2D eigenvalue weighted by Crippen LogP contribution is -2.27. The maximum absolute atomic E-state index is 12.6. The Balaban J connectivity index is 2.01. The first-order chi connectivity index (χ1) is 12.4. The van der Waals surface area contributed by atoms with Crippen LogP contribution in [0.4, 0.5) is 5.69 Å². The van der Waals surface area contributed by atoms with Gasteiger partial charge in [0.15, 0.2) is 6.61 Å². The summed E-state index contributed by atoms with van der Waals surface area (Å²) in [6, 6.07) is 15.3. The summed E-state index contributed by atoms with van der Waals surface area (Å²) >= 11 is 0. The number of rotatable bonds is 7. The Morgan fingerprint density at radius 2 is 1.73 bits per heavy atom. The number of carbonyl (C=O) groups excluding carboxylic acids is 2. The van der Waals surface area contributed by atoms with Crippen LogP contribution >= 0.6 is 0 Å². The van der Waals surface area contributed by atoms with Crippen molar-refractivity contribution in [1.29, 1.82) is 0 Å². The zero-order valence-electron chi connectivity index (χ0n) is 15.9. The Morgan fingerprint density at radius 1 is 1.04 bits per heavy atom. The fraction of sp³-hybridized carbons (Fsp3) is 0.364. The van der Waals surface area contributed by atoms with Gasteiger partial charge in [0.2, 0.25) is 0 Å². The molecule has 0 fully saturated rings. The molecule has 0 radical (unpaired) electrons. The van der Waals surface area contributed by atoms with E-state index in [2.05, 4.69) is 5.32 Å². The van der Waals surface area contributed by atoms with Crippen molar-refractivity contribution in [3.63, 3.8) is 0 Å². The molecule has 0 aromatic heterocycles. The van der Waals surface area contributed by atoms with Gasteiger partial charge in [0.05, 0.1) is 5.92 Å². The van der Waals surface area contributed by atoms with Crippen molar-refractivity contribution in [2.24, 2.45) is 5.92 Å². The Labute approximate surface area is 155 Å². The highest BCUT2D eigenvalue weighted by molar-refractivity contribution is 5.94. The number of aryl methyl sites for hydroxylation is 1. The van der Waals surface area contributed by atoms with Gasteiger partial charge in [-0.1, -0.05) is 62.7 Å². The molecule has 4 nitrogen and oxygen atoms in total. The normalized spacial score (nSPS) is 12.9. The van der Waals surface area contributed by atoms with Crippen molar-refractivity contribution >= 4 is 17.6 Å². The molecule has 26 heavy (non-hydrogen) atoms. The van der Waals surface area contributed by atoms with Crippen molar-refractivity contribution in [3.8, 4) is 0 Å². The van der Waals surface area contributed by atoms with Gasteiger partial charge in [0.1, 0.15) is 0 Å². The van der Waals surface area contributed by atoms with E-state index in [-0.39, 0.29) is 30.3 Å². The molecule has 0 bridgehead atoms. The van der Waals surface area contributed by atoms with Crippen LogP contribution in [0.25, 0.3) is 0 Å². The molecule has 0 heterocycles. The molecule has 0 aliphatic carbocycles. The highest BCUT2D eigenvalue weighted by Gasteiger charge is 2.27. The number of amides is 1. The average molecular weight is 353 g/mol. The van der Waals surface area contributed by atoms with Gasteiger partial charge in [-0.05, 0) is 42.5 Å². The minimum atomic E-state index is -0.366. The second-order valence-corrected chi connectivity index (χ2v) is 6.68. The third-order valence-corrected chi connectivity index (χ3v) is 4.85. The second-order valence-electron chi connectivity index (χ2n) is 6.68. The zero-order chi connectivity index (χ0) is 19.1. The number of hydrogen-bond donors (Lipinski definition) is 1. The van der Waals surface area contributed by atoms with Gasteiger partial charge in [-0.3, -0.25) is 9.59 Å². The standard InChI is InChI=1S/C22H27NO3/c1-5-15(2)21(18-11-7-6-8-12-18)22(25)26-14-20(24)23-19-13-9-10-16(3)17(19)4/h6-13,15,21H,5,14H2,1-4H3,(H,23,24)/t15-,21+/m0/s1. The minimum Gasteiger partial charge on any atom is -0.455 e. The van der Waals surface area contributed by atoms with Crippen molar-refractivity contribution in [1.82, 2.24) is 0 Å². The highest BCUT2D eigenvalue weighted by atomic mass is 16.5. The molecule has 1 N–H and O–H groups in total. The van der Waals surface area contributed by atoms with E-state index in [0.29, 0.717) is 0 Å². The lowest BCUT2D eigenvalue weighted by molar-refractivity contribution is -0.150. The van der Waals surface area contributed by atoms with E-state index >= 15 is 0 Å². The number of esters is 1. The van der Waals surface area contributed by atoms with Gasteiger partial charge < -0.3 is 10.1 Å². The molecule has 0 aliphatic heterocycles. The summed E-state index contributed by atoms with van der Waals surface area (Å²) in [6.07, 6.45) is 0.851. The SMILES string of the molecule is CC[C@H](C)[C@@H](C(=O)OCC(=O)Nc1cccc(C)c1C)c1ccccc1. The summed E-state index contributed by atoms with van der Waals surface area (Å²) in [4.78, 5) is 24.8. The first-order valence-electron chi connectivity index (χ1n) is 9.01. The zero-order valence-corrected chi connectivity index (χ0v) is 15.9. The van der Waals surface area contributed by atoms with E-state index in [1.165, 1.54) is 0 Å². The van der Waals surface area contributed by atoms with Crippen LogP contribution in [0.5, 0.6) is 0 Å². The number of anilines is 1. The lowest BCUT2D eigenvalue weighted by Gasteiger charge is -2.21. The van der Waals surface area contributed by atoms with E-state index in [0.717, 1.165) is 28.8 Å². The summed E-state index contributed by atoms with van der Waals surface area (Å²) in [6.45, 7) is 7.72. The number of hydrogen-bond acceptors (Lipinski definition) is 3. The third-order valence-electron chi connectivity index (χ3n) is 4.85. The van der Waals surface area contributed by atoms with E-state index in [4.69, 9.17) is 4.74 Å². The van der Waals surface area contributed by atoms with Crippen molar-refractivity contribution in [2.75, 3.05) is 11.9 Å². The van der Waals surface area contributed by atoms with Crippen LogP contribution in [0.2, 0.25) is 0 Å². The van der Waals surface area contributed by atoms with Crippen molar-refractivity contribution in [2.45, 2.75) is 40.0 Å². The summed E-state index contributed by atoms with van der Waals surface area (Å²) in [5.74, 6) is -0.925. The smallest absolute Gasteiger partial charge is 0.314 e. The topological polar surface area (TPSA) is 55.4 Å². The largest absolute Gasteiger partial charge is 0.455 e. The Kier molecular flexibility index (Phi) is 6.96. The molecule has 0 unspecified atom stereocenters. The first kappa shape index (κ1) is 19.7. The minimum absolute atomic E-state index is 0.131. The molecule has 0 aliphatic rings. The summed E-state index contributed by atoms with van der Waals surface area (Å²) in [5, 5.41) is 2.81. The van der Waals surface area contributed by atoms with E-state index in [9.17, 15) is 9.59 Å². The van der Waals surface area contributed by atoms with Gasteiger partial charge in [0, 0.05) is 5.69 Å². The summed E-state index contributed by atoms with van der Waals surface area (Å²) in [5.41, 5.74) is 3.77. The number of benzene rings is 2. The third kappa shape index (κ3) is 4.94. The Bertz CT molecular complexity index is 755. The van der Waals surface area contributed by atoms with Gasteiger partial charge in [0.25, 0.3) is 5.91 Å². The second kappa shape index (κ2) is 9.18. The molecule has 138 valence electrons. The average Bonchev–Trinajstić information content (AvgIpc) is 2.64. The predicted octanol–water partition coefficient (Wildman–Crippen LogP) is 4.62. The number of nitrogens with one attached hydrogen (secondary N) is 1. The van der Waals surface area contributed by atoms with Crippen LogP contribution in [0.15, 0.2) is 48.5 Å². The fourth-order valence-corrected chi connectivity index (χ4v) is 2.89. The number of ether oxygens (including phenoxy) is 1. The molecule has 2 rings (SSSR count). The fourth-order valence-electron chi connectivity index (χ4n) is 2.89. The van der Waals surface area contributed by atoms with Gasteiger partial charge in [-0.25, -0.2) is 0 Å². The van der Waals surface area contributed by atoms with Crippen LogP contribution in [-0.2, 0) is 14.3 Å². The maximum Gasteiger partial charge on any atom is 0.314 e. The van der Waals surface area contributed by atoms with Gasteiger partial charge in [-0.2, -0.15) is 0 Å². The predicted molar refractivity (Wildman–Crippen MR) is 104 cm³/mol. The van der Waals surface area contributed by atoms with Gasteiger partial charge in [-0.15, -0.1) is 0 Å². The molecule has 1 amide bonds. The molecule has 4 heteroatoms. The Morgan fingerprint density at radius 3 is 2.38 bits per heavy atom. The van der Waals surface area contributed by atoms with Crippen LogP contribution < -0.4 is 5.32 Å².